The predicted molar refractivity (Wildman–Crippen MR) is 69.3 cm³/mol. The minimum atomic E-state index is 0.702. The molecule has 16 heavy (non-hydrogen) atoms. The maximum atomic E-state index is 5.45. The molecular weight excluding hydrogens is 218 g/mol. The van der Waals surface area contributed by atoms with Crippen molar-refractivity contribution < 1.29 is 4.74 Å². The Kier molecular flexibility index (Phi) is 3.83. The lowest BCUT2D eigenvalue weighted by Crippen LogP contribution is -1.98. The van der Waals surface area contributed by atoms with Gasteiger partial charge in [0.05, 0.1) is 6.61 Å². The fourth-order valence-electron chi connectivity index (χ4n) is 1.46. The Bertz CT molecular complexity index is 425. The van der Waals surface area contributed by atoms with Crippen LogP contribution >= 0.6 is 11.3 Å². The summed E-state index contributed by atoms with van der Waals surface area (Å²) in [5.74, 6) is 0.915. The molecule has 0 amide bonds. The summed E-state index contributed by atoms with van der Waals surface area (Å²) < 4.78 is 5.45. The van der Waals surface area contributed by atoms with E-state index in [0.717, 1.165) is 18.0 Å². The van der Waals surface area contributed by atoms with Gasteiger partial charge in [-0.1, -0.05) is 6.07 Å². The Hall–Kier alpha value is -1.48. The van der Waals surface area contributed by atoms with Crippen LogP contribution in [0.1, 0.15) is 12.5 Å². The van der Waals surface area contributed by atoms with Crippen molar-refractivity contribution in [3.63, 3.8) is 0 Å². The first-order valence-electron chi connectivity index (χ1n) is 5.36. The first-order chi connectivity index (χ1) is 7.88. The van der Waals surface area contributed by atoms with E-state index in [1.54, 1.807) is 11.3 Å². The third kappa shape index (κ3) is 3.00. The third-order valence-electron chi connectivity index (χ3n) is 2.22. The molecule has 0 radical (unpaired) electrons. The fraction of sp³-hybridized carbons (Fsp3) is 0.231. The van der Waals surface area contributed by atoms with Crippen molar-refractivity contribution in [2.24, 2.45) is 0 Å². The topological polar surface area (TPSA) is 21.3 Å². The van der Waals surface area contributed by atoms with E-state index in [9.17, 15) is 0 Å². The van der Waals surface area contributed by atoms with Gasteiger partial charge in [0.15, 0.2) is 0 Å². The van der Waals surface area contributed by atoms with E-state index in [1.807, 2.05) is 25.1 Å². The summed E-state index contributed by atoms with van der Waals surface area (Å²) in [6.45, 7) is 3.55. The van der Waals surface area contributed by atoms with Crippen LogP contribution in [0.25, 0.3) is 0 Å². The molecule has 0 saturated carbocycles. The smallest absolute Gasteiger partial charge is 0.121 e. The number of benzene rings is 1. The maximum Gasteiger partial charge on any atom is 0.121 e. The molecule has 2 aromatic rings. The van der Waals surface area contributed by atoms with Gasteiger partial charge in [0, 0.05) is 18.3 Å². The molecule has 84 valence electrons. The van der Waals surface area contributed by atoms with Gasteiger partial charge in [-0.25, -0.2) is 0 Å². The predicted octanol–water partition coefficient (Wildman–Crippen LogP) is 3.76. The summed E-state index contributed by atoms with van der Waals surface area (Å²) in [5.41, 5.74) is 2.41. The number of hydrogen-bond acceptors (Lipinski definition) is 3. The van der Waals surface area contributed by atoms with E-state index < -0.39 is 0 Å². The number of hydrogen-bond donors (Lipinski definition) is 1. The molecule has 0 spiro atoms. The van der Waals surface area contributed by atoms with E-state index in [1.165, 1.54) is 5.56 Å². The van der Waals surface area contributed by atoms with Crippen molar-refractivity contribution in [2.45, 2.75) is 13.5 Å². The highest BCUT2D eigenvalue weighted by Crippen LogP contribution is 2.18. The molecule has 2 nitrogen and oxygen atoms in total. The molecule has 1 aromatic carbocycles. The molecule has 2 rings (SSSR count). The van der Waals surface area contributed by atoms with Gasteiger partial charge in [-0.05, 0) is 41.4 Å². The first-order valence-corrected chi connectivity index (χ1v) is 6.30. The number of anilines is 1. The van der Waals surface area contributed by atoms with Gasteiger partial charge in [0.25, 0.3) is 0 Å². The van der Waals surface area contributed by atoms with Gasteiger partial charge in [-0.15, -0.1) is 0 Å². The minimum Gasteiger partial charge on any atom is -0.494 e. The van der Waals surface area contributed by atoms with E-state index in [4.69, 9.17) is 4.74 Å². The average Bonchev–Trinajstić information content (AvgIpc) is 2.80. The highest BCUT2D eigenvalue weighted by Gasteiger charge is 1.96. The highest BCUT2D eigenvalue weighted by molar-refractivity contribution is 7.07. The Morgan fingerprint density at radius 2 is 2.25 bits per heavy atom. The second-order valence-corrected chi connectivity index (χ2v) is 4.23. The van der Waals surface area contributed by atoms with Gasteiger partial charge in [-0.3, -0.25) is 0 Å². The third-order valence-corrected chi connectivity index (χ3v) is 2.95. The molecule has 0 bridgehead atoms. The van der Waals surface area contributed by atoms with Crippen molar-refractivity contribution >= 4 is 17.0 Å². The molecule has 0 aliphatic carbocycles. The zero-order valence-corrected chi connectivity index (χ0v) is 10.1. The fourth-order valence-corrected chi connectivity index (χ4v) is 2.13. The lowest BCUT2D eigenvalue weighted by molar-refractivity contribution is 0.340. The zero-order chi connectivity index (χ0) is 11.2. The van der Waals surface area contributed by atoms with E-state index >= 15 is 0 Å². The van der Waals surface area contributed by atoms with Crippen molar-refractivity contribution in [3.8, 4) is 5.75 Å². The summed E-state index contributed by atoms with van der Waals surface area (Å²) in [7, 11) is 0. The van der Waals surface area contributed by atoms with Crippen LogP contribution in [0, 0.1) is 0 Å². The van der Waals surface area contributed by atoms with Crippen LogP contribution in [0.2, 0.25) is 0 Å². The average molecular weight is 233 g/mol. The molecule has 3 heteroatoms. The van der Waals surface area contributed by atoms with Gasteiger partial charge in [-0.2, -0.15) is 11.3 Å². The number of nitrogens with one attached hydrogen (secondary N) is 1. The summed E-state index contributed by atoms with van der Waals surface area (Å²) in [6.07, 6.45) is 0. The number of rotatable bonds is 5. The molecule has 0 aliphatic rings. The second-order valence-electron chi connectivity index (χ2n) is 3.45. The van der Waals surface area contributed by atoms with Gasteiger partial charge < -0.3 is 10.1 Å². The molecule has 0 fully saturated rings. The standard InChI is InChI=1S/C13H15NOS/c1-2-15-13-5-3-4-12(8-13)14-9-11-6-7-16-10-11/h3-8,10,14H,2,9H2,1H3. The Labute approximate surface area is 99.9 Å². The molecule has 0 aliphatic heterocycles. The van der Waals surface area contributed by atoms with Gasteiger partial charge >= 0.3 is 0 Å². The summed E-state index contributed by atoms with van der Waals surface area (Å²) in [6, 6.07) is 10.2. The van der Waals surface area contributed by atoms with Crippen LogP contribution in [0.3, 0.4) is 0 Å². The largest absolute Gasteiger partial charge is 0.494 e. The second kappa shape index (κ2) is 5.56. The Balaban J connectivity index is 1.96. The zero-order valence-electron chi connectivity index (χ0n) is 9.27. The van der Waals surface area contributed by atoms with Crippen molar-refractivity contribution in [3.05, 3.63) is 46.7 Å². The summed E-state index contributed by atoms with van der Waals surface area (Å²) in [4.78, 5) is 0. The SMILES string of the molecule is CCOc1cccc(NCc2ccsc2)c1. The van der Waals surface area contributed by atoms with E-state index in [0.29, 0.717) is 6.61 Å². The summed E-state index contributed by atoms with van der Waals surface area (Å²) >= 11 is 1.72. The molecule has 0 atom stereocenters. The normalized spacial score (nSPS) is 10.1. The van der Waals surface area contributed by atoms with Crippen LogP contribution in [0.4, 0.5) is 5.69 Å². The van der Waals surface area contributed by atoms with Crippen LogP contribution < -0.4 is 10.1 Å². The van der Waals surface area contributed by atoms with Crippen LogP contribution in [0.5, 0.6) is 5.75 Å². The molecule has 1 heterocycles. The molecule has 0 saturated heterocycles. The molecular formula is C13H15NOS. The quantitative estimate of drug-likeness (QED) is 0.849. The molecule has 0 unspecified atom stereocenters. The van der Waals surface area contributed by atoms with Crippen LogP contribution in [-0.4, -0.2) is 6.61 Å². The van der Waals surface area contributed by atoms with Crippen LogP contribution in [0.15, 0.2) is 41.1 Å². The van der Waals surface area contributed by atoms with E-state index in [-0.39, 0.29) is 0 Å². The Morgan fingerprint density at radius 1 is 1.31 bits per heavy atom. The van der Waals surface area contributed by atoms with Gasteiger partial charge in [0.1, 0.15) is 5.75 Å². The number of ether oxygens (including phenoxy) is 1. The minimum absolute atomic E-state index is 0.702. The van der Waals surface area contributed by atoms with Crippen LogP contribution in [-0.2, 0) is 6.54 Å². The summed E-state index contributed by atoms with van der Waals surface area (Å²) in [5, 5.41) is 7.62. The number of thiophene rings is 1. The monoisotopic (exact) mass is 233 g/mol. The van der Waals surface area contributed by atoms with Crippen molar-refractivity contribution in [2.75, 3.05) is 11.9 Å². The Morgan fingerprint density at radius 3 is 3.00 bits per heavy atom. The van der Waals surface area contributed by atoms with Gasteiger partial charge in [0.2, 0.25) is 0 Å². The highest BCUT2D eigenvalue weighted by atomic mass is 32.1. The lowest BCUT2D eigenvalue weighted by atomic mass is 10.3. The molecule has 1 N–H and O–H groups in total. The first kappa shape index (κ1) is 11.0. The van der Waals surface area contributed by atoms with Crippen molar-refractivity contribution in [1.29, 1.82) is 0 Å². The van der Waals surface area contributed by atoms with Crippen molar-refractivity contribution in [1.82, 2.24) is 0 Å². The lowest BCUT2D eigenvalue weighted by Gasteiger charge is -2.07. The molecule has 1 aromatic heterocycles. The van der Waals surface area contributed by atoms with E-state index in [2.05, 4.69) is 28.2 Å². The maximum absolute atomic E-state index is 5.45.